The van der Waals surface area contributed by atoms with Gasteiger partial charge in [0, 0.05) is 29.6 Å². The van der Waals surface area contributed by atoms with Crippen LogP contribution in [0.5, 0.6) is 0 Å². The van der Waals surface area contributed by atoms with Gasteiger partial charge in [-0.15, -0.1) is 0 Å². The van der Waals surface area contributed by atoms with Crippen molar-refractivity contribution in [1.82, 2.24) is 9.80 Å². The number of likely N-dealkylation sites (N-methyl/N-ethyl adjacent to an activating group) is 1. The lowest BCUT2D eigenvalue weighted by molar-refractivity contribution is 0.202. The van der Waals surface area contributed by atoms with E-state index in [1.807, 2.05) is 6.07 Å². The highest BCUT2D eigenvalue weighted by Crippen LogP contribution is 2.25. The van der Waals surface area contributed by atoms with Crippen LogP contribution in [0.4, 0.5) is 0 Å². The van der Waals surface area contributed by atoms with Crippen LogP contribution in [0, 0.1) is 0 Å². The standard InChI is InChI=1S/C16H26BrN3/c1-19(2)12-13-6-5-10-20(13)11-9-16(18)14-7-3-4-8-15(14)17/h3-4,7-8,13,16H,5-6,9-12,18H2,1-2H3. The first-order chi connectivity index (χ1) is 9.58. The van der Waals surface area contributed by atoms with E-state index in [1.165, 1.54) is 24.9 Å². The lowest BCUT2D eigenvalue weighted by Gasteiger charge is -2.28. The second-order valence-corrected chi connectivity index (χ2v) is 6.87. The molecule has 20 heavy (non-hydrogen) atoms. The molecule has 2 atom stereocenters. The molecule has 1 aliphatic heterocycles. The maximum absolute atomic E-state index is 6.35. The fraction of sp³-hybridized carbons (Fsp3) is 0.625. The van der Waals surface area contributed by atoms with E-state index < -0.39 is 0 Å². The molecule has 2 rings (SSSR count). The SMILES string of the molecule is CN(C)CC1CCCN1CCC(N)c1ccccc1Br. The summed E-state index contributed by atoms with van der Waals surface area (Å²) in [7, 11) is 4.31. The number of nitrogens with two attached hydrogens (primary N) is 1. The lowest BCUT2D eigenvalue weighted by Crippen LogP contribution is -2.38. The first-order valence-corrected chi connectivity index (χ1v) is 8.26. The topological polar surface area (TPSA) is 32.5 Å². The summed E-state index contributed by atoms with van der Waals surface area (Å²) in [6.07, 6.45) is 3.66. The molecule has 0 bridgehead atoms. The minimum atomic E-state index is 0.117. The number of likely N-dealkylation sites (tertiary alicyclic amines) is 1. The molecule has 1 fully saturated rings. The van der Waals surface area contributed by atoms with E-state index in [4.69, 9.17) is 5.73 Å². The smallest absolute Gasteiger partial charge is 0.0318 e. The summed E-state index contributed by atoms with van der Waals surface area (Å²) in [6, 6.07) is 9.11. The van der Waals surface area contributed by atoms with E-state index in [2.05, 4.69) is 58.0 Å². The third kappa shape index (κ3) is 4.29. The number of halogens is 1. The van der Waals surface area contributed by atoms with Gasteiger partial charge < -0.3 is 10.6 Å². The second-order valence-electron chi connectivity index (χ2n) is 6.01. The molecule has 1 aromatic carbocycles. The maximum atomic E-state index is 6.35. The maximum Gasteiger partial charge on any atom is 0.0318 e. The van der Waals surface area contributed by atoms with Crippen molar-refractivity contribution in [1.29, 1.82) is 0 Å². The van der Waals surface area contributed by atoms with Gasteiger partial charge in [0.1, 0.15) is 0 Å². The zero-order valence-electron chi connectivity index (χ0n) is 12.6. The van der Waals surface area contributed by atoms with Gasteiger partial charge in [0.2, 0.25) is 0 Å². The van der Waals surface area contributed by atoms with E-state index in [9.17, 15) is 0 Å². The van der Waals surface area contributed by atoms with Gasteiger partial charge in [-0.05, 0) is 51.5 Å². The molecule has 0 aliphatic carbocycles. The van der Waals surface area contributed by atoms with Crippen LogP contribution in [0.25, 0.3) is 0 Å². The normalized spacial score (nSPS) is 21.6. The Morgan fingerprint density at radius 3 is 2.85 bits per heavy atom. The van der Waals surface area contributed by atoms with Crippen molar-refractivity contribution in [3.8, 4) is 0 Å². The summed E-state index contributed by atoms with van der Waals surface area (Å²) in [5.41, 5.74) is 7.57. The highest BCUT2D eigenvalue weighted by molar-refractivity contribution is 9.10. The predicted octanol–water partition coefficient (Wildman–Crippen LogP) is 2.87. The average Bonchev–Trinajstić information content (AvgIpc) is 2.83. The molecule has 0 radical (unpaired) electrons. The molecule has 1 aliphatic rings. The molecule has 0 saturated carbocycles. The van der Waals surface area contributed by atoms with Crippen LogP contribution < -0.4 is 5.73 Å². The third-order valence-corrected chi connectivity index (χ3v) is 4.83. The summed E-state index contributed by atoms with van der Waals surface area (Å²) in [4.78, 5) is 4.90. The van der Waals surface area contributed by atoms with Crippen LogP contribution in [-0.4, -0.2) is 49.6 Å². The molecule has 1 saturated heterocycles. The van der Waals surface area contributed by atoms with Gasteiger partial charge in [-0.1, -0.05) is 34.1 Å². The van der Waals surface area contributed by atoms with Crippen molar-refractivity contribution in [2.24, 2.45) is 5.73 Å². The molecule has 3 nitrogen and oxygen atoms in total. The van der Waals surface area contributed by atoms with Crippen molar-refractivity contribution < 1.29 is 0 Å². The molecular weight excluding hydrogens is 314 g/mol. The first-order valence-electron chi connectivity index (χ1n) is 7.46. The van der Waals surface area contributed by atoms with Crippen LogP contribution in [0.2, 0.25) is 0 Å². The van der Waals surface area contributed by atoms with E-state index in [1.54, 1.807) is 0 Å². The molecule has 4 heteroatoms. The fourth-order valence-corrected chi connectivity index (χ4v) is 3.63. The van der Waals surface area contributed by atoms with Gasteiger partial charge in [-0.2, -0.15) is 0 Å². The minimum absolute atomic E-state index is 0.117. The Morgan fingerprint density at radius 1 is 1.40 bits per heavy atom. The van der Waals surface area contributed by atoms with Crippen LogP contribution >= 0.6 is 15.9 Å². The Morgan fingerprint density at radius 2 is 2.15 bits per heavy atom. The van der Waals surface area contributed by atoms with Crippen LogP contribution in [0.3, 0.4) is 0 Å². The lowest BCUT2D eigenvalue weighted by atomic mass is 10.0. The van der Waals surface area contributed by atoms with Crippen molar-refractivity contribution in [3.63, 3.8) is 0 Å². The Bertz CT molecular complexity index is 422. The summed E-state index contributed by atoms with van der Waals surface area (Å²) < 4.78 is 1.12. The second kappa shape index (κ2) is 7.55. The molecular formula is C16H26BrN3. The van der Waals surface area contributed by atoms with Gasteiger partial charge >= 0.3 is 0 Å². The summed E-state index contributed by atoms with van der Waals surface area (Å²) >= 11 is 3.59. The molecule has 0 aromatic heterocycles. The van der Waals surface area contributed by atoms with Gasteiger partial charge in [0.05, 0.1) is 0 Å². The molecule has 0 amide bonds. The quantitative estimate of drug-likeness (QED) is 0.864. The summed E-state index contributed by atoms with van der Waals surface area (Å²) in [6.45, 7) is 3.48. The minimum Gasteiger partial charge on any atom is -0.324 e. The first kappa shape index (κ1) is 16.0. The molecule has 112 valence electrons. The van der Waals surface area contributed by atoms with Crippen LogP contribution in [-0.2, 0) is 0 Å². The number of nitrogens with zero attached hydrogens (tertiary/aromatic N) is 2. The van der Waals surface area contributed by atoms with Crippen LogP contribution in [0.1, 0.15) is 30.9 Å². The van der Waals surface area contributed by atoms with Crippen LogP contribution in [0.15, 0.2) is 28.7 Å². The number of hydrogen-bond acceptors (Lipinski definition) is 3. The van der Waals surface area contributed by atoms with Crippen molar-refractivity contribution in [2.75, 3.05) is 33.7 Å². The van der Waals surface area contributed by atoms with Gasteiger partial charge in [-0.25, -0.2) is 0 Å². The molecule has 1 heterocycles. The Labute approximate surface area is 131 Å². The molecule has 2 unspecified atom stereocenters. The Balaban J connectivity index is 1.87. The summed E-state index contributed by atoms with van der Waals surface area (Å²) in [5, 5.41) is 0. The highest BCUT2D eigenvalue weighted by atomic mass is 79.9. The van der Waals surface area contributed by atoms with E-state index >= 15 is 0 Å². The van der Waals surface area contributed by atoms with E-state index in [-0.39, 0.29) is 6.04 Å². The predicted molar refractivity (Wildman–Crippen MR) is 88.8 cm³/mol. The Kier molecular flexibility index (Phi) is 6.02. The third-order valence-electron chi connectivity index (χ3n) is 4.11. The van der Waals surface area contributed by atoms with Gasteiger partial charge in [0.15, 0.2) is 0 Å². The highest BCUT2D eigenvalue weighted by Gasteiger charge is 2.25. The van der Waals surface area contributed by atoms with E-state index in [0.29, 0.717) is 6.04 Å². The monoisotopic (exact) mass is 339 g/mol. The largest absolute Gasteiger partial charge is 0.324 e. The van der Waals surface area contributed by atoms with Crippen molar-refractivity contribution >= 4 is 15.9 Å². The fourth-order valence-electron chi connectivity index (χ4n) is 3.05. The average molecular weight is 340 g/mol. The van der Waals surface area contributed by atoms with Gasteiger partial charge in [-0.3, -0.25) is 4.90 Å². The van der Waals surface area contributed by atoms with Gasteiger partial charge in [0.25, 0.3) is 0 Å². The summed E-state index contributed by atoms with van der Waals surface area (Å²) in [5.74, 6) is 0. The molecule has 1 aromatic rings. The number of rotatable bonds is 6. The van der Waals surface area contributed by atoms with E-state index in [0.717, 1.165) is 24.0 Å². The van der Waals surface area contributed by atoms with Crippen molar-refractivity contribution in [2.45, 2.75) is 31.3 Å². The zero-order valence-corrected chi connectivity index (χ0v) is 14.1. The molecule has 2 N–H and O–H groups in total. The van der Waals surface area contributed by atoms with Crippen molar-refractivity contribution in [3.05, 3.63) is 34.3 Å². The number of hydrogen-bond donors (Lipinski definition) is 1. The Hall–Kier alpha value is -0.420. The number of benzene rings is 1. The zero-order chi connectivity index (χ0) is 14.5. The molecule has 0 spiro atoms.